The third kappa shape index (κ3) is 8.09. The molecule has 0 radical (unpaired) electrons. The zero-order chi connectivity index (χ0) is 22.0. The summed E-state index contributed by atoms with van der Waals surface area (Å²) in [6.45, 7) is 6.42. The van der Waals surface area contributed by atoms with Gasteiger partial charge < -0.3 is 14.3 Å². The number of aliphatic hydroxyl groups excluding tert-OH is 1. The number of ether oxygens (including phenoxy) is 1. The van der Waals surface area contributed by atoms with Gasteiger partial charge in [0.1, 0.15) is 25.5 Å². The summed E-state index contributed by atoms with van der Waals surface area (Å²) in [5.41, 5.74) is 4.33. The third-order valence-corrected chi connectivity index (χ3v) is 5.55. The van der Waals surface area contributed by atoms with E-state index in [0.29, 0.717) is 30.6 Å². The number of quaternary nitrogens is 1. The van der Waals surface area contributed by atoms with Crippen molar-refractivity contribution in [3.05, 3.63) is 70.8 Å². The van der Waals surface area contributed by atoms with Crippen LogP contribution in [0.15, 0.2) is 48.5 Å². The number of rotatable bonds is 12. The van der Waals surface area contributed by atoms with Crippen LogP contribution in [0.5, 0.6) is 0 Å². The maximum atomic E-state index is 12.1. The van der Waals surface area contributed by atoms with Crippen molar-refractivity contribution in [2.75, 3.05) is 39.9 Å². The van der Waals surface area contributed by atoms with Gasteiger partial charge in [0.2, 0.25) is 0 Å². The molecule has 5 nitrogen and oxygen atoms in total. The number of Topliss-reactive ketones (excluding diaryl/α,β-unsaturated/α-hetero) is 1. The van der Waals surface area contributed by atoms with Crippen LogP contribution in [-0.4, -0.2) is 61.2 Å². The van der Waals surface area contributed by atoms with Gasteiger partial charge in [-0.3, -0.25) is 9.59 Å². The van der Waals surface area contributed by atoms with Gasteiger partial charge in [-0.1, -0.05) is 48.5 Å². The number of esters is 1. The molecule has 0 aliphatic carbocycles. The van der Waals surface area contributed by atoms with E-state index >= 15 is 0 Å². The third-order valence-electron chi connectivity index (χ3n) is 5.55. The Labute approximate surface area is 179 Å². The largest absolute Gasteiger partial charge is 0.459 e. The Morgan fingerprint density at radius 1 is 0.867 bits per heavy atom. The Hall–Kier alpha value is -2.50. The van der Waals surface area contributed by atoms with Gasteiger partial charge in [0.25, 0.3) is 0 Å². The minimum atomic E-state index is -0.226. The van der Waals surface area contributed by atoms with Crippen molar-refractivity contribution < 1.29 is 23.9 Å². The van der Waals surface area contributed by atoms with E-state index < -0.39 is 0 Å². The molecule has 0 amide bonds. The molecule has 1 unspecified atom stereocenters. The topological polar surface area (TPSA) is 63.6 Å². The maximum absolute atomic E-state index is 12.1. The molecule has 0 aliphatic rings. The molecule has 0 saturated carbocycles. The smallest absolute Gasteiger partial charge is 0.310 e. The normalized spacial score (nSPS) is 12.9. The quantitative estimate of drug-likeness (QED) is 0.430. The van der Waals surface area contributed by atoms with Crippen LogP contribution in [0.25, 0.3) is 0 Å². The van der Waals surface area contributed by atoms with Gasteiger partial charge in [0, 0.05) is 6.42 Å². The molecule has 0 heterocycles. The van der Waals surface area contributed by atoms with Crippen molar-refractivity contribution in [1.29, 1.82) is 0 Å². The lowest BCUT2D eigenvalue weighted by Crippen LogP contribution is -2.48. The summed E-state index contributed by atoms with van der Waals surface area (Å²) < 4.78 is 6.08. The fraction of sp³-hybridized carbons (Fsp3) is 0.440. The summed E-state index contributed by atoms with van der Waals surface area (Å²) in [4.78, 5) is 23.3. The minimum Gasteiger partial charge on any atom is -0.459 e. The first-order chi connectivity index (χ1) is 14.3. The number of nitrogens with zero attached hydrogens (tertiary/aromatic N) is 1. The summed E-state index contributed by atoms with van der Waals surface area (Å²) in [6, 6.07) is 16.1. The van der Waals surface area contributed by atoms with Gasteiger partial charge >= 0.3 is 5.97 Å². The average molecular weight is 413 g/mol. The molecule has 0 spiro atoms. The van der Waals surface area contributed by atoms with E-state index in [1.165, 1.54) is 11.1 Å². The van der Waals surface area contributed by atoms with Crippen LogP contribution in [0.3, 0.4) is 0 Å². The summed E-state index contributed by atoms with van der Waals surface area (Å²) in [7, 11) is 2.06. The van der Waals surface area contributed by atoms with Gasteiger partial charge in [-0.25, -0.2) is 0 Å². The molecule has 0 aromatic heterocycles. The lowest BCUT2D eigenvalue weighted by molar-refractivity contribution is -0.908. The SMILES string of the molecule is CC[N+](C)(CCO)CCOC(=O)Cc1ccc(Cc2ccc(CC(C)=O)cc2)cc1. The van der Waals surface area contributed by atoms with Gasteiger partial charge in [0.05, 0.1) is 26.6 Å². The van der Waals surface area contributed by atoms with Crippen LogP contribution in [-0.2, 0) is 33.6 Å². The molecule has 162 valence electrons. The van der Waals surface area contributed by atoms with Crippen molar-refractivity contribution in [2.24, 2.45) is 0 Å². The Kier molecular flexibility index (Phi) is 9.21. The van der Waals surface area contributed by atoms with Crippen molar-refractivity contribution in [3.8, 4) is 0 Å². The van der Waals surface area contributed by atoms with Crippen molar-refractivity contribution in [2.45, 2.75) is 33.1 Å². The van der Waals surface area contributed by atoms with Crippen LogP contribution in [0.2, 0.25) is 0 Å². The average Bonchev–Trinajstić information content (AvgIpc) is 2.71. The molecule has 0 aliphatic heterocycles. The first-order valence-electron chi connectivity index (χ1n) is 10.6. The number of benzene rings is 2. The fourth-order valence-corrected chi connectivity index (χ4v) is 3.34. The number of carbonyl (C=O) groups is 2. The first kappa shape index (κ1) is 23.8. The Bertz CT molecular complexity index is 814. The molecule has 1 N–H and O–H groups in total. The summed E-state index contributed by atoms with van der Waals surface area (Å²) >= 11 is 0. The predicted molar refractivity (Wildman–Crippen MR) is 118 cm³/mol. The van der Waals surface area contributed by atoms with Crippen molar-refractivity contribution in [3.63, 3.8) is 0 Å². The Morgan fingerprint density at radius 3 is 1.83 bits per heavy atom. The lowest BCUT2D eigenvalue weighted by atomic mass is 10.0. The second-order valence-corrected chi connectivity index (χ2v) is 8.19. The molecule has 0 bridgehead atoms. The van der Waals surface area contributed by atoms with Crippen LogP contribution < -0.4 is 0 Å². The van der Waals surface area contributed by atoms with E-state index in [2.05, 4.69) is 26.1 Å². The summed E-state index contributed by atoms with van der Waals surface area (Å²) in [5, 5.41) is 9.16. The predicted octanol–water partition coefficient (Wildman–Crippen LogP) is 2.95. The Balaban J connectivity index is 1.81. The van der Waals surface area contributed by atoms with Crippen molar-refractivity contribution >= 4 is 11.8 Å². The molecule has 2 aromatic rings. The van der Waals surface area contributed by atoms with E-state index in [9.17, 15) is 9.59 Å². The zero-order valence-corrected chi connectivity index (χ0v) is 18.4. The van der Waals surface area contributed by atoms with E-state index in [-0.39, 0.29) is 24.8 Å². The van der Waals surface area contributed by atoms with E-state index in [1.54, 1.807) is 6.92 Å². The summed E-state index contributed by atoms with van der Waals surface area (Å²) in [5.74, 6) is -0.0593. The van der Waals surface area contributed by atoms with Crippen LogP contribution in [0.1, 0.15) is 36.1 Å². The van der Waals surface area contributed by atoms with Gasteiger partial charge in [-0.15, -0.1) is 0 Å². The van der Waals surface area contributed by atoms with Gasteiger partial charge in [-0.2, -0.15) is 0 Å². The van der Waals surface area contributed by atoms with Crippen LogP contribution in [0, 0.1) is 0 Å². The molecule has 30 heavy (non-hydrogen) atoms. The van der Waals surface area contributed by atoms with E-state index in [1.807, 2.05) is 36.4 Å². The molecule has 0 saturated heterocycles. The number of carbonyl (C=O) groups excluding carboxylic acids is 2. The lowest BCUT2D eigenvalue weighted by Gasteiger charge is -2.32. The van der Waals surface area contributed by atoms with E-state index in [4.69, 9.17) is 9.84 Å². The zero-order valence-electron chi connectivity index (χ0n) is 18.4. The highest BCUT2D eigenvalue weighted by atomic mass is 16.5. The highest BCUT2D eigenvalue weighted by molar-refractivity contribution is 5.78. The van der Waals surface area contributed by atoms with Crippen molar-refractivity contribution in [1.82, 2.24) is 0 Å². The molecule has 5 heteroatoms. The second-order valence-electron chi connectivity index (χ2n) is 8.19. The van der Waals surface area contributed by atoms with E-state index in [0.717, 1.165) is 24.1 Å². The Morgan fingerprint density at radius 2 is 1.37 bits per heavy atom. The highest BCUT2D eigenvalue weighted by Crippen LogP contribution is 2.13. The molecular weight excluding hydrogens is 378 g/mol. The molecule has 2 rings (SSSR count). The monoisotopic (exact) mass is 412 g/mol. The first-order valence-corrected chi connectivity index (χ1v) is 10.6. The number of aliphatic hydroxyl groups is 1. The van der Waals surface area contributed by atoms with Gasteiger partial charge in [0.15, 0.2) is 0 Å². The number of hydrogen-bond acceptors (Lipinski definition) is 4. The van der Waals surface area contributed by atoms with Crippen LogP contribution >= 0.6 is 0 Å². The number of hydrogen-bond donors (Lipinski definition) is 1. The standard InChI is InChI=1S/C25H34NO4/c1-4-26(3,13-15-27)14-16-30-25(29)19-24-11-9-23(10-12-24)18-22-7-5-21(6-8-22)17-20(2)28/h5-12,27H,4,13-19H2,1-3H3/q+1. The molecule has 2 aromatic carbocycles. The van der Waals surface area contributed by atoms with Gasteiger partial charge in [-0.05, 0) is 42.5 Å². The second kappa shape index (κ2) is 11.6. The fourth-order valence-electron chi connectivity index (χ4n) is 3.34. The molecule has 0 fully saturated rings. The summed E-state index contributed by atoms with van der Waals surface area (Å²) in [6.07, 6.45) is 1.54. The maximum Gasteiger partial charge on any atom is 0.310 e. The molecular formula is C25H34NO4+. The number of ketones is 1. The highest BCUT2D eigenvalue weighted by Gasteiger charge is 2.19. The van der Waals surface area contributed by atoms with Crippen LogP contribution in [0.4, 0.5) is 0 Å². The molecule has 1 atom stereocenters. The number of likely N-dealkylation sites (N-methyl/N-ethyl adjacent to an activating group) is 1. The minimum absolute atomic E-state index is 0.132.